The summed E-state index contributed by atoms with van der Waals surface area (Å²) in [7, 11) is 0. The third-order valence-electron chi connectivity index (χ3n) is 6.23. The summed E-state index contributed by atoms with van der Waals surface area (Å²) in [4.78, 5) is 27.1. The molecule has 3 fully saturated rings. The maximum Gasteiger partial charge on any atom is 0.249 e. The number of hydrogen-bond acceptors (Lipinski definition) is 5. The molecular weight excluding hydrogens is 346 g/mol. The van der Waals surface area contributed by atoms with E-state index in [-0.39, 0.29) is 23.8 Å². The third-order valence-corrected chi connectivity index (χ3v) is 6.23. The normalized spacial score (nSPS) is 29.1. The number of carbonyl (C=O) groups excluding carboxylic acids is 2. The Morgan fingerprint density at radius 3 is 2.89 bits per heavy atom. The van der Waals surface area contributed by atoms with Gasteiger partial charge >= 0.3 is 0 Å². The molecule has 7 heteroatoms. The van der Waals surface area contributed by atoms with Gasteiger partial charge in [-0.25, -0.2) is 0 Å². The molecule has 0 bridgehead atoms. The highest BCUT2D eigenvalue weighted by Gasteiger charge is 2.48. The maximum absolute atomic E-state index is 12.9. The molecule has 1 saturated carbocycles. The molecule has 0 spiro atoms. The Hall–Kier alpha value is -2.33. The SMILES string of the molecule is N#CC1(C(=O)N2CC[C@@H]3C[C@@H](C(=O)NCc4ccco4)O[C@H]3C2)CCCC1. The summed E-state index contributed by atoms with van der Waals surface area (Å²) >= 11 is 0. The predicted octanol–water partition coefficient (Wildman–Crippen LogP) is 1.99. The van der Waals surface area contributed by atoms with E-state index in [1.54, 1.807) is 17.2 Å². The number of hydrogen-bond donors (Lipinski definition) is 1. The van der Waals surface area contributed by atoms with E-state index in [9.17, 15) is 14.9 Å². The first-order chi connectivity index (χ1) is 13.1. The Kier molecular flexibility index (Phi) is 4.92. The van der Waals surface area contributed by atoms with Crippen molar-refractivity contribution in [1.29, 1.82) is 5.26 Å². The van der Waals surface area contributed by atoms with Crippen molar-refractivity contribution in [2.45, 2.75) is 57.3 Å². The Morgan fingerprint density at radius 1 is 1.37 bits per heavy atom. The average Bonchev–Trinajstić information content (AvgIpc) is 3.45. The second-order valence-corrected chi connectivity index (χ2v) is 7.90. The number of fused-ring (bicyclic) bond motifs is 1. The molecule has 3 heterocycles. The lowest BCUT2D eigenvalue weighted by Crippen LogP contribution is -2.50. The van der Waals surface area contributed by atoms with Crippen LogP contribution in [0, 0.1) is 22.7 Å². The number of likely N-dealkylation sites (tertiary alicyclic amines) is 1. The Morgan fingerprint density at radius 2 is 2.19 bits per heavy atom. The minimum absolute atomic E-state index is 0.0460. The van der Waals surface area contributed by atoms with Gasteiger partial charge in [-0.3, -0.25) is 9.59 Å². The number of furan rings is 1. The smallest absolute Gasteiger partial charge is 0.249 e. The van der Waals surface area contributed by atoms with Crippen LogP contribution in [0.15, 0.2) is 22.8 Å². The summed E-state index contributed by atoms with van der Waals surface area (Å²) in [6.45, 7) is 1.47. The minimum Gasteiger partial charge on any atom is -0.467 e. The Bertz CT molecular complexity index is 733. The molecule has 2 saturated heterocycles. The van der Waals surface area contributed by atoms with Gasteiger partial charge in [0, 0.05) is 13.1 Å². The van der Waals surface area contributed by atoms with Crippen molar-refractivity contribution in [3.8, 4) is 6.07 Å². The molecule has 1 aliphatic carbocycles. The predicted molar refractivity (Wildman–Crippen MR) is 95.0 cm³/mol. The monoisotopic (exact) mass is 371 g/mol. The molecule has 4 rings (SSSR count). The second kappa shape index (κ2) is 7.35. The van der Waals surface area contributed by atoms with Crippen molar-refractivity contribution in [3.63, 3.8) is 0 Å². The molecule has 1 aromatic rings. The summed E-state index contributed by atoms with van der Waals surface area (Å²) in [6, 6.07) is 5.88. The first-order valence-electron chi connectivity index (χ1n) is 9.77. The van der Waals surface area contributed by atoms with Gasteiger partial charge in [0.05, 0.1) is 25.0 Å². The quantitative estimate of drug-likeness (QED) is 0.873. The molecule has 0 radical (unpaired) electrons. The first-order valence-corrected chi connectivity index (χ1v) is 9.77. The molecule has 7 nitrogen and oxygen atoms in total. The van der Waals surface area contributed by atoms with Gasteiger partial charge in [0.15, 0.2) is 0 Å². The summed E-state index contributed by atoms with van der Waals surface area (Å²) in [6.07, 6.45) is 5.66. The van der Waals surface area contributed by atoms with Crippen LogP contribution < -0.4 is 5.32 Å². The molecule has 27 heavy (non-hydrogen) atoms. The number of nitriles is 1. The Labute approximate surface area is 158 Å². The summed E-state index contributed by atoms with van der Waals surface area (Å²) < 4.78 is 11.2. The lowest BCUT2D eigenvalue weighted by atomic mass is 9.84. The number of nitrogens with zero attached hydrogens (tertiary/aromatic N) is 2. The number of piperidine rings is 1. The van der Waals surface area contributed by atoms with Crippen molar-refractivity contribution in [2.75, 3.05) is 13.1 Å². The highest BCUT2D eigenvalue weighted by molar-refractivity contribution is 5.86. The summed E-state index contributed by atoms with van der Waals surface area (Å²) in [5.41, 5.74) is -0.842. The zero-order valence-corrected chi connectivity index (χ0v) is 15.4. The van der Waals surface area contributed by atoms with Gasteiger partial charge in [-0.2, -0.15) is 5.26 Å². The van der Waals surface area contributed by atoms with Crippen LogP contribution in [0.3, 0.4) is 0 Å². The highest BCUT2D eigenvalue weighted by Crippen LogP contribution is 2.41. The van der Waals surface area contributed by atoms with Gasteiger partial charge in [0.25, 0.3) is 0 Å². The zero-order valence-electron chi connectivity index (χ0n) is 15.4. The van der Waals surface area contributed by atoms with Crippen LogP contribution in [0.25, 0.3) is 0 Å². The summed E-state index contributed by atoms with van der Waals surface area (Å²) in [5, 5.41) is 12.4. The van der Waals surface area contributed by atoms with Crippen molar-refractivity contribution in [2.24, 2.45) is 11.3 Å². The molecule has 2 aliphatic heterocycles. The van der Waals surface area contributed by atoms with Crippen molar-refractivity contribution in [1.82, 2.24) is 10.2 Å². The fraction of sp³-hybridized carbons (Fsp3) is 0.650. The maximum atomic E-state index is 12.9. The number of carbonyl (C=O) groups is 2. The fourth-order valence-corrected chi connectivity index (χ4v) is 4.64. The van der Waals surface area contributed by atoms with E-state index >= 15 is 0 Å². The van der Waals surface area contributed by atoms with Crippen molar-refractivity contribution < 1.29 is 18.7 Å². The van der Waals surface area contributed by atoms with Crippen LogP contribution in [0.5, 0.6) is 0 Å². The average molecular weight is 371 g/mol. The zero-order chi connectivity index (χ0) is 18.9. The van der Waals surface area contributed by atoms with Gasteiger partial charge in [-0.05, 0) is 43.7 Å². The minimum atomic E-state index is -0.842. The molecule has 0 unspecified atom stereocenters. The molecule has 3 aliphatic rings. The van der Waals surface area contributed by atoms with Gasteiger partial charge in [-0.15, -0.1) is 0 Å². The van der Waals surface area contributed by atoms with Crippen LogP contribution in [-0.2, 0) is 20.9 Å². The van der Waals surface area contributed by atoms with Crippen LogP contribution in [0.1, 0.15) is 44.3 Å². The first kappa shape index (κ1) is 18.1. The molecule has 144 valence electrons. The molecule has 0 aromatic carbocycles. The van der Waals surface area contributed by atoms with Crippen LogP contribution in [0.2, 0.25) is 0 Å². The van der Waals surface area contributed by atoms with Gasteiger partial charge < -0.3 is 19.4 Å². The largest absolute Gasteiger partial charge is 0.467 e. The van der Waals surface area contributed by atoms with Crippen LogP contribution in [-0.4, -0.2) is 42.0 Å². The number of amides is 2. The number of nitrogens with one attached hydrogen (secondary N) is 1. The van der Waals surface area contributed by atoms with E-state index in [2.05, 4.69) is 11.4 Å². The van der Waals surface area contributed by atoms with E-state index in [0.717, 1.165) is 19.3 Å². The van der Waals surface area contributed by atoms with Gasteiger partial charge in [0.2, 0.25) is 11.8 Å². The third kappa shape index (κ3) is 3.46. The highest BCUT2D eigenvalue weighted by atomic mass is 16.5. The molecule has 2 amide bonds. The standard InChI is InChI=1S/C20H25N3O4/c21-13-20(6-1-2-7-20)19(25)23-8-5-14-10-16(27-17(14)12-23)18(24)22-11-15-4-3-9-26-15/h3-4,9,14,16-17H,1-2,5-8,10-12H2,(H,22,24)/t14-,16+,17+/m1/s1. The van der Waals surface area contributed by atoms with E-state index in [1.165, 1.54) is 0 Å². The van der Waals surface area contributed by atoms with E-state index in [0.29, 0.717) is 44.7 Å². The van der Waals surface area contributed by atoms with Crippen molar-refractivity contribution in [3.05, 3.63) is 24.2 Å². The fourth-order valence-electron chi connectivity index (χ4n) is 4.64. The lowest BCUT2D eigenvalue weighted by Gasteiger charge is -2.37. The van der Waals surface area contributed by atoms with Gasteiger partial charge in [0.1, 0.15) is 17.3 Å². The molecule has 1 aromatic heterocycles. The molecule has 1 N–H and O–H groups in total. The number of ether oxygens (including phenoxy) is 1. The number of rotatable bonds is 4. The van der Waals surface area contributed by atoms with E-state index < -0.39 is 11.5 Å². The second-order valence-electron chi connectivity index (χ2n) is 7.90. The Balaban J connectivity index is 1.33. The molecular formula is C20H25N3O4. The van der Waals surface area contributed by atoms with Gasteiger partial charge in [-0.1, -0.05) is 12.8 Å². The van der Waals surface area contributed by atoms with Crippen LogP contribution >= 0.6 is 0 Å². The van der Waals surface area contributed by atoms with Crippen LogP contribution in [0.4, 0.5) is 0 Å². The van der Waals surface area contributed by atoms with E-state index in [1.807, 2.05) is 6.07 Å². The topological polar surface area (TPSA) is 95.6 Å². The molecule has 3 atom stereocenters. The van der Waals surface area contributed by atoms with Crippen molar-refractivity contribution >= 4 is 11.8 Å². The summed E-state index contributed by atoms with van der Waals surface area (Å²) in [5.74, 6) is 0.808. The van der Waals surface area contributed by atoms with E-state index in [4.69, 9.17) is 9.15 Å². The lowest BCUT2D eigenvalue weighted by molar-refractivity contribution is -0.144.